The monoisotopic (exact) mass is 265 g/mol. The molecule has 1 aliphatic carbocycles. The molecular formula is C15H20FNO2. The smallest absolute Gasteiger partial charge is 0.258 e. The van der Waals surface area contributed by atoms with Gasteiger partial charge in [-0.3, -0.25) is 4.79 Å². The maximum atomic E-state index is 13.6. The van der Waals surface area contributed by atoms with E-state index in [2.05, 4.69) is 12.2 Å². The number of hydrogen-bond acceptors (Lipinski definition) is 2. The molecule has 2 N–H and O–H groups in total. The molecule has 0 bridgehead atoms. The summed E-state index contributed by atoms with van der Waals surface area (Å²) in [6.45, 7) is 2.11. The first-order chi connectivity index (χ1) is 9.13. The molecule has 0 radical (unpaired) electrons. The minimum Gasteiger partial charge on any atom is -0.507 e. The minimum atomic E-state index is -0.679. The van der Waals surface area contributed by atoms with Gasteiger partial charge < -0.3 is 10.4 Å². The van der Waals surface area contributed by atoms with E-state index >= 15 is 0 Å². The fourth-order valence-electron chi connectivity index (χ4n) is 2.86. The Balaban J connectivity index is 2.12. The summed E-state index contributed by atoms with van der Waals surface area (Å²) in [5, 5.41) is 12.5. The maximum Gasteiger partial charge on any atom is 0.258 e. The molecule has 104 valence electrons. The molecule has 3 nitrogen and oxygen atoms in total. The van der Waals surface area contributed by atoms with Gasteiger partial charge in [0.2, 0.25) is 0 Å². The first-order valence-electron chi connectivity index (χ1n) is 6.91. The number of hydrogen-bond donors (Lipinski definition) is 2. The van der Waals surface area contributed by atoms with Crippen LogP contribution in [-0.4, -0.2) is 17.1 Å². The normalized spacial score (nSPS) is 23.1. The van der Waals surface area contributed by atoms with Crippen molar-refractivity contribution in [2.24, 2.45) is 5.92 Å². The third kappa shape index (κ3) is 3.06. The van der Waals surface area contributed by atoms with Crippen molar-refractivity contribution in [3.8, 4) is 5.75 Å². The maximum absolute atomic E-state index is 13.6. The van der Waals surface area contributed by atoms with E-state index in [-0.39, 0.29) is 17.4 Å². The Morgan fingerprint density at radius 2 is 2.16 bits per heavy atom. The molecule has 1 amide bonds. The van der Waals surface area contributed by atoms with Crippen molar-refractivity contribution in [2.75, 3.05) is 0 Å². The van der Waals surface area contributed by atoms with E-state index in [0.717, 1.165) is 25.7 Å². The van der Waals surface area contributed by atoms with Crippen LogP contribution >= 0.6 is 0 Å². The van der Waals surface area contributed by atoms with Gasteiger partial charge in [-0.15, -0.1) is 0 Å². The van der Waals surface area contributed by atoms with Crippen molar-refractivity contribution >= 4 is 5.91 Å². The molecule has 1 aromatic rings. The van der Waals surface area contributed by atoms with Gasteiger partial charge in [0.25, 0.3) is 5.91 Å². The largest absolute Gasteiger partial charge is 0.507 e. The second-order valence-electron chi connectivity index (χ2n) is 5.17. The Morgan fingerprint density at radius 3 is 2.84 bits per heavy atom. The molecule has 4 heteroatoms. The Kier molecular flexibility index (Phi) is 4.40. The summed E-state index contributed by atoms with van der Waals surface area (Å²) in [4.78, 5) is 12.1. The van der Waals surface area contributed by atoms with Gasteiger partial charge in [0.15, 0.2) is 0 Å². The second-order valence-corrected chi connectivity index (χ2v) is 5.17. The van der Waals surface area contributed by atoms with Crippen molar-refractivity contribution in [1.82, 2.24) is 5.32 Å². The van der Waals surface area contributed by atoms with Gasteiger partial charge in [-0.25, -0.2) is 4.39 Å². The van der Waals surface area contributed by atoms with Gasteiger partial charge in [0.1, 0.15) is 17.1 Å². The van der Waals surface area contributed by atoms with E-state index in [4.69, 9.17) is 0 Å². The molecule has 19 heavy (non-hydrogen) atoms. The zero-order valence-corrected chi connectivity index (χ0v) is 11.2. The van der Waals surface area contributed by atoms with Crippen LogP contribution in [0.1, 0.15) is 49.4 Å². The van der Waals surface area contributed by atoms with E-state index in [9.17, 15) is 14.3 Å². The van der Waals surface area contributed by atoms with Crippen LogP contribution in [0, 0.1) is 11.7 Å². The van der Waals surface area contributed by atoms with E-state index < -0.39 is 11.7 Å². The van der Waals surface area contributed by atoms with E-state index in [1.807, 2.05) is 0 Å². The van der Waals surface area contributed by atoms with E-state index in [1.54, 1.807) is 0 Å². The average Bonchev–Trinajstić information content (AvgIpc) is 2.39. The van der Waals surface area contributed by atoms with Crippen LogP contribution in [0.2, 0.25) is 0 Å². The van der Waals surface area contributed by atoms with Crippen LogP contribution in [-0.2, 0) is 0 Å². The first kappa shape index (κ1) is 13.8. The summed E-state index contributed by atoms with van der Waals surface area (Å²) in [5.41, 5.74) is -0.247. The molecule has 0 aromatic heterocycles. The molecule has 2 unspecified atom stereocenters. The molecule has 2 rings (SSSR count). The lowest BCUT2D eigenvalue weighted by molar-refractivity contribution is 0.0897. The number of rotatable bonds is 3. The molecular weight excluding hydrogens is 245 g/mol. The number of phenols is 1. The molecule has 2 atom stereocenters. The predicted molar refractivity (Wildman–Crippen MR) is 71.6 cm³/mol. The summed E-state index contributed by atoms with van der Waals surface area (Å²) in [7, 11) is 0. The van der Waals surface area contributed by atoms with Gasteiger partial charge in [0, 0.05) is 6.04 Å². The van der Waals surface area contributed by atoms with Crippen LogP contribution in [0.5, 0.6) is 5.75 Å². The molecule has 1 aromatic carbocycles. The highest BCUT2D eigenvalue weighted by molar-refractivity contribution is 5.97. The number of benzene rings is 1. The van der Waals surface area contributed by atoms with Gasteiger partial charge in [0.05, 0.1) is 0 Å². The lowest BCUT2D eigenvalue weighted by Gasteiger charge is -2.31. The molecule has 1 saturated carbocycles. The highest BCUT2D eigenvalue weighted by Crippen LogP contribution is 2.28. The summed E-state index contributed by atoms with van der Waals surface area (Å²) >= 11 is 0. The number of carbonyl (C=O) groups excluding carboxylic acids is 1. The zero-order chi connectivity index (χ0) is 13.8. The molecule has 1 aliphatic rings. The number of halogens is 1. The Bertz CT molecular complexity index is 441. The third-order valence-electron chi connectivity index (χ3n) is 3.97. The fourth-order valence-corrected chi connectivity index (χ4v) is 2.86. The number of aromatic hydroxyl groups is 1. The van der Waals surface area contributed by atoms with E-state index in [1.165, 1.54) is 24.6 Å². The summed E-state index contributed by atoms with van der Waals surface area (Å²) in [5.74, 6) is -1.05. The van der Waals surface area contributed by atoms with E-state index in [0.29, 0.717) is 5.92 Å². The topological polar surface area (TPSA) is 49.3 Å². The van der Waals surface area contributed by atoms with Gasteiger partial charge in [-0.05, 0) is 30.9 Å². The standard InChI is InChI=1S/C15H20FNO2/c1-2-10-6-3-4-8-12(10)17-15(19)14-11(16)7-5-9-13(14)18/h5,7,9-10,12,18H,2-4,6,8H2,1H3,(H,17,19). The second kappa shape index (κ2) is 6.04. The molecule has 0 aliphatic heterocycles. The highest BCUT2D eigenvalue weighted by Gasteiger charge is 2.27. The first-order valence-corrected chi connectivity index (χ1v) is 6.91. The Hall–Kier alpha value is -1.58. The van der Waals surface area contributed by atoms with Crippen LogP contribution in [0.25, 0.3) is 0 Å². The van der Waals surface area contributed by atoms with Crippen molar-refractivity contribution in [3.63, 3.8) is 0 Å². The summed E-state index contributed by atoms with van der Waals surface area (Å²) in [6, 6.07) is 3.99. The molecule has 0 heterocycles. The van der Waals surface area contributed by atoms with Crippen molar-refractivity contribution < 1.29 is 14.3 Å². The zero-order valence-electron chi connectivity index (χ0n) is 11.2. The van der Waals surface area contributed by atoms with Crippen LogP contribution in [0.4, 0.5) is 4.39 Å². The lowest BCUT2D eigenvalue weighted by Crippen LogP contribution is -2.42. The molecule has 0 spiro atoms. The van der Waals surface area contributed by atoms with Crippen LogP contribution in [0.15, 0.2) is 18.2 Å². The fraction of sp³-hybridized carbons (Fsp3) is 0.533. The average molecular weight is 265 g/mol. The number of phenolic OH excluding ortho intramolecular Hbond substituents is 1. The molecule has 1 fully saturated rings. The van der Waals surface area contributed by atoms with Crippen LogP contribution in [0.3, 0.4) is 0 Å². The lowest BCUT2D eigenvalue weighted by atomic mass is 9.83. The predicted octanol–water partition coefficient (Wildman–Crippen LogP) is 3.23. The third-order valence-corrected chi connectivity index (χ3v) is 3.97. The van der Waals surface area contributed by atoms with Gasteiger partial charge >= 0.3 is 0 Å². The quantitative estimate of drug-likeness (QED) is 0.881. The highest BCUT2D eigenvalue weighted by atomic mass is 19.1. The Labute approximate surface area is 112 Å². The Morgan fingerprint density at radius 1 is 1.42 bits per heavy atom. The number of amides is 1. The number of nitrogens with one attached hydrogen (secondary N) is 1. The minimum absolute atomic E-state index is 0.0882. The van der Waals surface area contributed by atoms with Gasteiger partial charge in [-0.2, -0.15) is 0 Å². The van der Waals surface area contributed by atoms with Gasteiger partial charge in [-0.1, -0.05) is 32.3 Å². The molecule has 0 saturated heterocycles. The van der Waals surface area contributed by atoms with Crippen LogP contribution < -0.4 is 5.32 Å². The summed E-state index contributed by atoms with van der Waals surface area (Å²) < 4.78 is 13.6. The summed E-state index contributed by atoms with van der Waals surface area (Å²) in [6.07, 6.45) is 5.32. The van der Waals surface area contributed by atoms with Crippen molar-refractivity contribution in [2.45, 2.75) is 45.1 Å². The van der Waals surface area contributed by atoms with Crippen molar-refractivity contribution in [3.05, 3.63) is 29.6 Å². The van der Waals surface area contributed by atoms with Crippen molar-refractivity contribution in [1.29, 1.82) is 0 Å². The number of carbonyl (C=O) groups is 1. The SMILES string of the molecule is CCC1CCCCC1NC(=O)c1c(O)cccc1F.